The molecule has 0 heterocycles. The van der Waals surface area contributed by atoms with Crippen LogP contribution in [0.2, 0.25) is 0 Å². The molecule has 2 rings (SSSR count). The van der Waals surface area contributed by atoms with Crippen LogP contribution in [0.4, 0.5) is 4.79 Å². The molecule has 0 aliphatic carbocycles. The number of benzene rings is 2. The fourth-order valence-corrected chi connectivity index (χ4v) is 2.70. The van der Waals surface area contributed by atoms with Crippen LogP contribution in [0.25, 0.3) is 0 Å². The van der Waals surface area contributed by atoms with Crippen LogP contribution in [0, 0.1) is 0 Å². The molecule has 0 spiro atoms. The van der Waals surface area contributed by atoms with Crippen molar-refractivity contribution >= 4 is 12.4 Å². The molecular formula is C20H23NO3. The molecule has 0 saturated carbocycles. The highest BCUT2D eigenvalue weighted by atomic mass is 16.5. The summed E-state index contributed by atoms with van der Waals surface area (Å²) in [6.07, 6.45) is 2.48. The third-order valence-corrected chi connectivity index (χ3v) is 3.96. The third-order valence-electron chi connectivity index (χ3n) is 3.96. The summed E-state index contributed by atoms with van der Waals surface area (Å²) in [5.41, 5.74) is 2.24. The molecule has 1 atom stereocenters. The zero-order valence-corrected chi connectivity index (χ0v) is 13.9. The average Bonchev–Trinajstić information content (AvgIpc) is 2.65. The van der Waals surface area contributed by atoms with Crippen LogP contribution in [-0.4, -0.2) is 37.0 Å². The Morgan fingerprint density at radius 2 is 1.62 bits per heavy atom. The van der Waals surface area contributed by atoms with Gasteiger partial charge in [-0.05, 0) is 30.4 Å². The van der Waals surface area contributed by atoms with Gasteiger partial charge in [0.1, 0.15) is 6.29 Å². The highest BCUT2D eigenvalue weighted by Gasteiger charge is 2.23. The Hall–Kier alpha value is -2.62. The summed E-state index contributed by atoms with van der Waals surface area (Å²) in [4.78, 5) is 25.2. The van der Waals surface area contributed by atoms with Crippen LogP contribution in [0.3, 0.4) is 0 Å². The number of rotatable bonds is 8. The van der Waals surface area contributed by atoms with Crippen molar-refractivity contribution in [1.29, 1.82) is 0 Å². The van der Waals surface area contributed by atoms with Crippen molar-refractivity contribution in [3.05, 3.63) is 71.8 Å². The Labute approximate surface area is 143 Å². The predicted molar refractivity (Wildman–Crippen MR) is 93.9 cm³/mol. The highest BCUT2D eigenvalue weighted by molar-refractivity contribution is 5.73. The average molecular weight is 325 g/mol. The van der Waals surface area contributed by atoms with Gasteiger partial charge in [0.05, 0.1) is 13.2 Å². The molecule has 0 saturated heterocycles. The number of methoxy groups -OCH3 is 1. The Balaban J connectivity index is 2.00. The quantitative estimate of drug-likeness (QED) is 0.698. The summed E-state index contributed by atoms with van der Waals surface area (Å²) in [7, 11) is 1.34. The minimum Gasteiger partial charge on any atom is -0.453 e. The van der Waals surface area contributed by atoms with Crippen molar-refractivity contribution in [3.8, 4) is 0 Å². The molecule has 0 fully saturated rings. The molecule has 0 aliphatic rings. The molecule has 0 aromatic heterocycles. The zero-order chi connectivity index (χ0) is 17.2. The number of nitrogens with zero attached hydrogens (tertiary/aromatic N) is 1. The first-order chi connectivity index (χ1) is 11.7. The van der Waals surface area contributed by atoms with E-state index in [0.717, 1.165) is 24.7 Å². The fraction of sp³-hybridized carbons (Fsp3) is 0.300. The summed E-state index contributed by atoms with van der Waals surface area (Å²) in [5, 5.41) is 0. The molecular weight excluding hydrogens is 302 g/mol. The number of ether oxygens (including phenoxy) is 1. The normalized spacial score (nSPS) is 11.5. The second-order valence-corrected chi connectivity index (χ2v) is 5.65. The minimum absolute atomic E-state index is 0.462. The summed E-state index contributed by atoms with van der Waals surface area (Å²) < 4.78 is 4.86. The molecule has 1 amide bonds. The molecule has 0 bridgehead atoms. The summed E-state index contributed by atoms with van der Waals surface area (Å²) >= 11 is 0. The standard InChI is InChI=1S/C20H23NO3/c1-24-20(23)21(14-8-13-17-9-4-2-5-10-17)19(16-22)15-18-11-6-3-7-12-18/h2-7,9-12,16,19H,8,13-15H2,1H3/t19-/m1/s1. The van der Waals surface area contributed by atoms with Gasteiger partial charge < -0.3 is 9.53 Å². The largest absolute Gasteiger partial charge is 0.453 e. The van der Waals surface area contributed by atoms with Gasteiger partial charge in [-0.2, -0.15) is 0 Å². The second kappa shape index (κ2) is 9.50. The van der Waals surface area contributed by atoms with E-state index >= 15 is 0 Å². The van der Waals surface area contributed by atoms with E-state index in [1.165, 1.54) is 17.6 Å². The number of carbonyl (C=O) groups excluding carboxylic acids is 2. The molecule has 0 radical (unpaired) electrons. The van der Waals surface area contributed by atoms with Crippen molar-refractivity contribution in [1.82, 2.24) is 4.90 Å². The number of hydrogen-bond donors (Lipinski definition) is 0. The van der Waals surface area contributed by atoms with Crippen LogP contribution in [-0.2, 0) is 22.4 Å². The monoisotopic (exact) mass is 325 g/mol. The van der Waals surface area contributed by atoms with Gasteiger partial charge in [-0.25, -0.2) is 4.79 Å². The Morgan fingerprint density at radius 1 is 1.04 bits per heavy atom. The number of amides is 1. The SMILES string of the molecule is COC(=O)N(CCCc1ccccc1)[C@@H](C=O)Cc1ccccc1. The molecule has 0 unspecified atom stereocenters. The van der Waals surface area contributed by atoms with E-state index in [4.69, 9.17) is 4.74 Å². The summed E-state index contributed by atoms with van der Waals surface area (Å²) in [6.45, 7) is 0.484. The van der Waals surface area contributed by atoms with Crippen LogP contribution in [0.5, 0.6) is 0 Å². The zero-order valence-electron chi connectivity index (χ0n) is 13.9. The molecule has 2 aromatic carbocycles. The fourth-order valence-electron chi connectivity index (χ4n) is 2.70. The molecule has 0 N–H and O–H groups in total. The van der Waals surface area contributed by atoms with E-state index in [9.17, 15) is 9.59 Å². The molecule has 0 aliphatic heterocycles. The van der Waals surface area contributed by atoms with E-state index in [-0.39, 0.29) is 0 Å². The molecule has 126 valence electrons. The third kappa shape index (κ3) is 5.23. The van der Waals surface area contributed by atoms with E-state index in [1.54, 1.807) is 0 Å². The molecule has 24 heavy (non-hydrogen) atoms. The predicted octanol–water partition coefficient (Wildman–Crippen LogP) is 3.50. The van der Waals surface area contributed by atoms with Crippen molar-refractivity contribution < 1.29 is 14.3 Å². The van der Waals surface area contributed by atoms with Crippen LogP contribution < -0.4 is 0 Å². The number of aldehydes is 1. The topological polar surface area (TPSA) is 46.6 Å². The maximum Gasteiger partial charge on any atom is 0.410 e. The first kappa shape index (κ1) is 17.7. The highest BCUT2D eigenvalue weighted by Crippen LogP contribution is 2.11. The van der Waals surface area contributed by atoms with Crippen LogP contribution >= 0.6 is 0 Å². The van der Waals surface area contributed by atoms with E-state index < -0.39 is 12.1 Å². The Kier molecular flexibility index (Phi) is 7.02. The van der Waals surface area contributed by atoms with E-state index in [2.05, 4.69) is 12.1 Å². The second-order valence-electron chi connectivity index (χ2n) is 5.65. The van der Waals surface area contributed by atoms with E-state index in [0.29, 0.717) is 13.0 Å². The summed E-state index contributed by atoms with van der Waals surface area (Å²) in [5.74, 6) is 0. The van der Waals surface area contributed by atoms with E-state index in [1.807, 2.05) is 48.5 Å². The first-order valence-corrected chi connectivity index (χ1v) is 8.12. The lowest BCUT2D eigenvalue weighted by atomic mass is 10.0. The summed E-state index contributed by atoms with van der Waals surface area (Å²) in [6, 6.07) is 19.3. The van der Waals surface area contributed by atoms with Crippen LogP contribution in [0.15, 0.2) is 60.7 Å². The number of carbonyl (C=O) groups is 2. The van der Waals surface area contributed by atoms with Gasteiger partial charge in [-0.15, -0.1) is 0 Å². The molecule has 2 aromatic rings. The lowest BCUT2D eigenvalue weighted by Crippen LogP contribution is -2.43. The van der Waals surface area contributed by atoms with Gasteiger partial charge in [0.2, 0.25) is 0 Å². The van der Waals surface area contributed by atoms with Crippen molar-refractivity contribution in [2.75, 3.05) is 13.7 Å². The smallest absolute Gasteiger partial charge is 0.410 e. The molecule has 4 nitrogen and oxygen atoms in total. The van der Waals surface area contributed by atoms with Gasteiger partial charge in [-0.1, -0.05) is 60.7 Å². The number of hydrogen-bond acceptors (Lipinski definition) is 3. The van der Waals surface area contributed by atoms with Gasteiger partial charge in [-0.3, -0.25) is 4.90 Å². The van der Waals surface area contributed by atoms with Crippen molar-refractivity contribution in [2.45, 2.75) is 25.3 Å². The van der Waals surface area contributed by atoms with Gasteiger partial charge >= 0.3 is 6.09 Å². The lowest BCUT2D eigenvalue weighted by Gasteiger charge is -2.27. The lowest BCUT2D eigenvalue weighted by molar-refractivity contribution is -0.112. The molecule has 4 heteroatoms. The Morgan fingerprint density at radius 3 is 2.17 bits per heavy atom. The first-order valence-electron chi connectivity index (χ1n) is 8.12. The maximum atomic E-state index is 12.1. The minimum atomic E-state index is -0.518. The van der Waals surface area contributed by atoms with Crippen LogP contribution in [0.1, 0.15) is 17.5 Å². The number of aryl methyl sites for hydroxylation is 1. The van der Waals surface area contributed by atoms with Crippen molar-refractivity contribution in [3.63, 3.8) is 0 Å². The Bertz CT molecular complexity index is 628. The van der Waals surface area contributed by atoms with Gasteiger partial charge in [0.25, 0.3) is 0 Å². The maximum absolute atomic E-state index is 12.1. The van der Waals surface area contributed by atoms with Crippen molar-refractivity contribution in [2.24, 2.45) is 0 Å². The van der Waals surface area contributed by atoms with Gasteiger partial charge in [0.15, 0.2) is 0 Å². The van der Waals surface area contributed by atoms with Gasteiger partial charge in [0, 0.05) is 6.54 Å².